The molecule has 0 fully saturated rings. The number of rotatable bonds is 24. The topological polar surface area (TPSA) is 18.5 Å². The molecule has 0 aliphatic rings. The fourth-order valence-electron chi connectivity index (χ4n) is 5.43. The predicted octanol–water partition coefficient (Wildman–Crippen LogP) is 15.5. The molecule has 11 heteroatoms. The Kier molecular flexibility index (Phi) is 34.0. The van der Waals surface area contributed by atoms with Gasteiger partial charge in [0, 0.05) is 0 Å². The summed E-state index contributed by atoms with van der Waals surface area (Å²) < 4.78 is 115. The molecule has 0 amide bonds. The summed E-state index contributed by atoms with van der Waals surface area (Å²) in [5.41, 5.74) is 0. The standard InChI is InChI=1S/2C18H25F4O.2C5H5.Ti/c2*1-2-3-4-5-6-7-8-9-10-11-12-23-18-16(21)14(19)13-15(20)17(18)22;2*1-2-4-5-3-1;/h2*2-12H2,1H3;2*1-5H;/q4*-1;+4. The average Bonchev–Trinajstić information content (AvgIpc) is 3.98. The molecule has 0 N–H and O–H groups in total. The van der Waals surface area contributed by atoms with Crippen LogP contribution in [0.15, 0.2) is 60.7 Å². The zero-order chi connectivity index (χ0) is 41.2. The van der Waals surface area contributed by atoms with E-state index in [1.807, 2.05) is 60.7 Å². The Hall–Kier alpha value is -3.11. The first-order chi connectivity index (χ1) is 27.1. The van der Waals surface area contributed by atoms with Crippen LogP contribution >= 0.6 is 0 Å². The van der Waals surface area contributed by atoms with Crippen molar-refractivity contribution in [3.63, 3.8) is 0 Å². The average molecular weight is 845 g/mol. The Labute approximate surface area is 351 Å². The summed E-state index contributed by atoms with van der Waals surface area (Å²) in [6.07, 6.45) is 22.3. The van der Waals surface area contributed by atoms with Gasteiger partial charge in [0.1, 0.15) is 0 Å². The monoisotopic (exact) mass is 844 g/mol. The first-order valence-electron chi connectivity index (χ1n) is 20.2. The minimum absolute atomic E-state index is 0. The van der Waals surface area contributed by atoms with Crippen LogP contribution in [0.5, 0.6) is 11.5 Å². The first kappa shape index (κ1) is 53.9. The van der Waals surface area contributed by atoms with Crippen LogP contribution in [0.2, 0.25) is 0 Å². The molecule has 0 spiro atoms. The second-order valence-corrected chi connectivity index (χ2v) is 13.4. The SMILES string of the molecule is CCCCCCCCCCCCOc1c(F)c(F)[c-]c(F)c1F.CCCCCCCCCCCCOc1c(F)c(F)[c-]c(F)c1F.[Ti+4].c1cc[cH-]c1.c1cc[cH-]c1. The van der Waals surface area contributed by atoms with Crippen molar-refractivity contribution in [2.45, 2.75) is 142 Å². The van der Waals surface area contributed by atoms with Crippen LogP contribution in [0.4, 0.5) is 35.1 Å². The zero-order valence-electron chi connectivity index (χ0n) is 33.7. The number of halogens is 8. The fourth-order valence-corrected chi connectivity index (χ4v) is 5.43. The number of ether oxygens (including phenoxy) is 2. The summed E-state index contributed by atoms with van der Waals surface area (Å²) in [5, 5.41) is 0. The molecule has 0 bridgehead atoms. The minimum Gasteiger partial charge on any atom is -0.513 e. The summed E-state index contributed by atoms with van der Waals surface area (Å²) in [4.78, 5) is 0. The normalized spacial score (nSPS) is 10.3. The van der Waals surface area contributed by atoms with Crippen molar-refractivity contribution >= 4 is 0 Å². The Bertz CT molecular complexity index is 1280. The van der Waals surface area contributed by atoms with Gasteiger partial charge in [-0.1, -0.05) is 129 Å². The van der Waals surface area contributed by atoms with Gasteiger partial charge in [0.05, 0.1) is 71.3 Å². The van der Waals surface area contributed by atoms with Crippen LogP contribution in [0.1, 0.15) is 142 Å². The van der Waals surface area contributed by atoms with E-state index in [0.717, 1.165) is 38.5 Å². The van der Waals surface area contributed by atoms with E-state index in [1.165, 1.54) is 89.2 Å². The smallest absolute Gasteiger partial charge is 0.513 e. The van der Waals surface area contributed by atoms with Crippen molar-refractivity contribution in [1.29, 1.82) is 0 Å². The molecule has 0 saturated carbocycles. The number of unbranched alkanes of at least 4 members (excludes halogenated alkanes) is 18. The second kappa shape index (κ2) is 36.0. The molecule has 0 heterocycles. The van der Waals surface area contributed by atoms with E-state index in [0.29, 0.717) is 12.8 Å². The van der Waals surface area contributed by atoms with E-state index in [1.54, 1.807) is 0 Å². The minimum atomic E-state index is -1.57. The molecule has 0 aliphatic carbocycles. The van der Waals surface area contributed by atoms with Crippen molar-refractivity contribution in [3.8, 4) is 11.5 Å². The molecule has 4 aromatic carbocycles. The Morgan fingerprint density at radius 1 is 0.386 bits per heavy atom. The van der Waals surface area contributed by atoms with Gasteiger partial charge in [0.2, 0.25) is 0 Å². The van der Waals surface area contributed by atoms with Crippen molar-refractivity contribution in [2.75, 3.05) is 13.2 Å². The molecule has 316 valence electrons. The number of hydrogen-bond donors (Lipinski definition) is 0. The van der Waals surface area contributed by atoms with Crippen LogP contribution in [-0.4, -0.2) is 13.2 Å². The molecule has 2 nitrogen and oxygen atoms in total. The maximum atomic E-state index is 13.3. The van der Waals surface area contributed by atoms with Gasteiger partial charge < -0.3 is 9.47 Å². The molecule has 0 radical (unpaired) electrons. The van der Waals surface area contributed by atoms with Gasteiger partial charge in [-0.3, -0.25) is 17.6 Å². The summed E-state index contributed by atoms with van der Waals surface area (Å²) in [6.45, 7) is 4.45. The number of benzene rings is 2. The van der Waals surface area contributed by atoms with E-state index in [2.05, 4.69) is 13.8 Å². The Morgan fingerprint density at radius 3 is 0.825 bits per heavy atom. The van der Waals surface area contributed by atoms with Crippen molar-refractivity contribution in [2.24, 2.45) is 0 Å². The maximum absolute atomic E-state index is 13.3. The molecule has 0 aromatic heterocycles. The Morgan fingerprint density at radius 2 is 0.614 bits per heavy atom. The van der Waals surface area contributed by atoms with Gasteiger partial charge in [-0.2, -0.15) is 36.4 Å². The van der Waals surface area contributed by atoms with Crippen LogP contribution in [-0.2, 0) is 21.7 Å². The molecule has 57 heavy (non-hydrogen) atoms. The van der Waals surface area contributed by atoms with Crippen molar-refractivity contribution < 1.29 is 66.3 Å². The third-order valence-electron chi connectivity index (χ3n) is 8.61. The van der Waals surface area contributed by atoms with Crippen LogP contribution in [0.3, 0.4) is 0 Å². The van der Waals surface area contributed by atoms with Crippen LogP contribution < -0.4 is 9.47 Å². The molecular formula is C46H60F8O2Ti. The zero-order valence-corrected chi connectivity index (χ0v) is 35.2. The van der Waals surface area contributed by atoms with Gasteiger partial charge in [0.15, 0.2) is 0 Å². The molecule has 4 aromatic rings. The molecular weight excluding hydrogens is 784 g/mol. The summed E-state index contributed by atoms with van der Waals surface area (Å²) in [6, 6.07) is 22.7. The van der Waals surface area contributed by atoms with Crippen molar-refractivity contribution in [3.05, 3.63) is 119 Å². The quantitative estimate of drug-likeness (QED) is 0.0230. The van der Waals surface area contributed by atoms with Crippen LogP contribution in [0, 0.1) is 58.7 Å². The molecule has 0 atom stereocenters. The molecule has 0 saturated heterocycles. The van der Waals surface area contributed by atoms with Crippen molar-refractivity contribution in [1.82, 2.24) is 0 Å². The largest absolute Gasteiger partial charge is 4.00 e. The van der Waals surface area contributed by atoms with Crippen LogP contribution in [0.25, 0.3) is 0 Å². The van der Waals surface area contributed by atoms with Gasteiger partial charge in [-0.05, 0) is 12.8 Å². The van der Waals surface area contributed by atoms with E-state index < -0.39 is 58.0 Å². The third-order valence-corrected chi connectivity index (χ3v) is 8.61. The van der Waals surface area contributed by atoms with E-state index >= 15 is 0 Å². The first-order valence-corrected chi connectivity index (χ1v) is 20.2. The van der Waals surface area contributed by atoms with Gasteiger partial charge >= 0.3 is 21.7 Å². The number of hydrogen-bond acceptors (Lipinski definition) is 2. The van der Waals surface area contributed by atoms with Gasteiger partial charge in [0.25, 0.3) is 0 Å². The van der Waals surface area contributed by atoms with Gasteiger partial charge in [-0.15, -0.1) is 12.1 Å². The summed E-state index contributed by atoms with van der Waals surface area (Å²) in [7, 11) is 0. The van der Waals surface area contributed by atoms with E-state index in [-0.39, 0.29) is 34.9 Å². The van der Waals surface area contributed by atoms with E-state index in [9.17, 15) is 35.1 Å². The van der Waals surface area contributed by atoms with Gasteiger partial charge in [-0.25, -0.2) is 41.8 Å². The molecule has 0 unspecified atom stereocenters. The summed E-state index contributed by atoms with van der Waals surface area (Å²) >= 11 is 0. The van der Waals surface area contributed by atoms with E-state index in [4.69, 9.17) is 9.47 Å². The fraction of sp³-hybridized carbons (Fsp3) is 0.522. The second-order valence-electron chi connectivity index (χ2n) is 13.4. The predicted molar refractivity (Wildman–Crippen MR) is 209 cm³/mol. The molecule has 0 aliphatic heterocycles. The summed E-state index contributed by atoms with van der Waals surface area (Å²) in [5.74, 6) is -14.4. The third kappa shape index (κ3) is 25.8. The Balaban J connectivity index is 0.000000865. The molecule has 4 rings (SSSR count). The maximum Gasteiger partial charge on any atom is 4.00 e.